The maximum absolute atomic E-state index is 12.9. The van der Waals surface area contributed by atoms with Crippen LogP contribution in [0.25, 0.3) is 0 Å². The molecule has 4 rings (SSSR count). The smallest absolute Gasteiger partial charge is 0.352 e. The molecular formula is C18H32N8O14S3. The molecule has 19 N–H and O–H groups in total. The van der Waals surface area contributed by atoms with E-state index in [1.54, 1.807) is 0 Å². The molecule has 0 spiro atoms. The fourth-order valence-electron chi connectivity index (χ4n) is 3.41. The molecule has 25 heteroatoms. The number of carbonyl (C=O) groups excluding carboxylic acids is 2. The number of carbonyl (C=O) groups is 3. The minimum atomic E-state index is -1.31. The summed E-state index contributed by atoms with van der Waals surface area (Å²) < 4.78 is 1.19. The number of oxime groups is 1. The van der Waals surface area contributed by atoms with Gasteiger partial charge in [-0.2, -0.15) is 4.98 Å². The minimum absolute atomic E-state index is 0. The summed E-state index contributed by atoms with van der Waals surface area (Å²) in [6.45, 7) is 0. The highest BCUT2D eigenvalue weighted by molar-refractivity contribution is 8.01. The van der Waals surface area contributed by atoms with Crippen LogP contribution in [-0.4, -0.2) is 127 Å². The molecule has 0 unspecified atom stereocenters. The lowest BCUT2D eigenvalue weighted by molar-refractivity contribution is -0.150. The Morgan fingerprint density at radius 3 is 2.35 bits per heavy atom. The number of hydrogen-bond donors (Lipinski definition) is 4. The van der Waals surface area contributed by atoms with E-state index in [1.165, 1.54) is 36.0 Å². The summed E-state index contributed by atoms with van der Waals surface area (Å²) in [7, 11) is 2.72. The number of β-lactam (4-membered cyclic amide) rings is 1. The molecule has 0 aliphatic carbocycles. The van der Waals surface area contributed by atoms with Crippen LogP contribution in [0, 0.1) is 0 Å². The molecule has 0 radical (unpaired) electrons. The Bertz CT molecular complexity index is 1380. The van der Waals surface area contributed by atoms with Gasteiger partial charge in [0.1, 0.15) is 29.9 Å². The number of carboxylic acid groups (broad SMARTS) is 1. The first-order valence-electron chi connectivity index (χ1n) is 9.92. The minimum Gasteiger partial charge on any atom is -0.488 e. The zero-order chi connectivity index (χ0) is 26.1. The molecule has 2 aliphatic rings. The lowest BCUT2D eigenvalue weighted by Crippen LogP contribution is -2.71. The van der Waals surface area contributed by atoms with E-state index in [-0.39, 0.29) is 77.2 Å². The number of hydrogen-bond acceptors (Lipinski definition) is 14. The third kappa shape index (κ3) is 9.03. The van der Waals surface area contributed by atoms with Gasteiger partial charge in [-0.25, -0.2) is 14.5 Å². The average Bonchev–Trinajstić information content (AvgIpc) is 3.27. The van der Waals surface area contributed by atoms with Crippen LogP contribution in [0.1, 0.15) is 5.69 Å². The van der Waals surface area contributed by atoms with E-state index in [9.17, 15) is 29.4 Å². The molecule has 43 heavy (non-hydrogen) atoms. The Morgan fingerprint density at radius 1 is 1.19 bits per heavy atom. The van der Waals surface area contributed by atoms with Crippen LogP contribution in [0.2, 0.25) is 0 Å². The van der Waals surface area contributed by atoms with E-state index >= 15 is 0 Å². The number of amides is 2. The van der Waals surface area contributed by atoms with Crippen molar-refractivity contribution >= 4 is 63.5 Å². The summed E-state index contributed by atoms with van der Waals surface area (Å²) in [5.74, 6) is -3.04. The highest BCUT2D eigenvalue weighted by Gasteiger charge is 2.54. The third-order valence-corrected chi connectivity index (χ3v) is 8.10. The van der Waals surface area contributed by atoms with Crippen molar-refractivity contribution in [2.45, 2.75) is 16.6 Å². The predicted molar refractivity (Wildman–Crippen MR) is 155 cm³/mol. The van der Waals surface area contributed by atoms with Crippen molar-refractivity contribution in [3.63, 3.8) is 0 Å². The monoisotopic (exact) mass is 680 g/mol. The highest BCUT2D eigenvalue weighted by atomic mass is 32.2. The number of aromatic nitrogens is 4. The lowest BCUT2D eigenvalue weighted by atomic mass is 10.0. The Hall–Kier alpha value is -3.92. The van der Waals surface area contributed by atoms with Crippen molar-refractivity contribution < 1.29 is 67.8 Å². The van der Waals surface area contributed by atoms with Crippen molar-refractivity contribution in [1.29, 1.82) is 0 Å². The molecule has 0 aromatic carbocycles. The predicted octanol–water partition coefficient (Wildman–Crippen LogP) is -6.97. The van der Waals surface area contributed by atoms with Gasteiger partial charge in [0.25, 0.3) is 17.7 Å². The second kappa shape index (κ2) is 18.6. The van der Waals surface area contributed by atoms with Gasteiger partial charge in [0.2, 0.25) is 0 Å². The number of aryl methyl sites for hydroxylation is 1. The van der Waals surface area contributed by atoms with Gasteiger partial charge in [0, 0.05) is 23.9 Å². The summed E-state index contributed by atoms with van der Waals surface area (Å²) in [5, 5.41) is 30.3. The SMILES string of the molecule is CO/N=C(\C(=O)N[C@@H]1C(=O)N2C(C(=O)O)=C(CSc3nc(=O)c(O)nn3C)CS[C@H]12)c1csc(N)n1.O.O.O.O.O.O.O. The molecule has 2 amide bonds. The third-order valence-electron chi connectivity index (χ3n) is 4.98. The summed E-state index contributed by atoms with van der Waals surface area (Å²) in [5.41, 5.74) is 4.94. The average molecular weight is 681 g/mol. The first-order valence-corrected chi connectivity index (χ1v) is 12.8. The highest BCUT2D eigenvalue weighted by Crippen LogP contribution is 2.41. The second-order valence-corrected chi connectivity index (χ2v) is 10.2. The van der Waals surface area contributed by atoms with Gasteiger partial charge in [-0.1, -0.05) is 16.9 Å². The normalized spacial score (nSPS) is 16.4. The maximum Gasteiger partial charge on any atom is 0.352 e. The van der Waals surface area contributed by atoms with E-state index in [0.29, 0.717) is 5.57 Å². The molecule has 2 aromatic heterocycles. The van der Waals surface area contributed by atoms with E-state index in [2.05, 4.69) is 25.5 Å². The number of nitrogens with two attached hydrogens (primary N) is 1. The second-order valence-electron chi connectivity index (χ2n) is 7.25. The molecule has 246 valence electrons. The lowest BCUT2D eigenvalue weighted by Gasteiger charge is -2.49. The van der Waals surface area contributed by atoms with Gasteiger partial charge in [-0.3, -0.25) is 19.3 Å². The summed E-state index contributed by atoms with van der Waals surface area (Å²) in [6.07, 6.45) is 0. The number of thiazole rings is 1. The Labute approximate surface area is 252 Å². The fourth-order valence-corrected chi connectivity index (χ4v) is 6.35. The van der Waals surface area contributed by atoms with Crippen molar-refractivity contribution in [2.75, 3.05) is 24.3 Å². The molecule has 0 saturated carbocycles. The van der Waals surface area contributed by atoms with Gasteiger partial charge >= 0.3 is 11.5 Å². The number of rotatable bonds is 8. The molecule has 4 heterocycles. The topological polar surface area (TPSA) is 436 Å². The van der Waals surface area contributed by atoms with Crippen LogP contribution in [0.5, 0.6) is 5.88 Å². The number of nitrogens with zero attached hydrogens (tertiary/aromatic N) is 6. The molecular weight excluding hydrogens is 648 g/mol. The number of thioether (sulfide) groups is 2. The number of nitrogen functional groups attached to an aromatic ring is 1. The van der Waals surface area contributed by atoms with E-state index < -0.39 is 40.6 Å². The van der Waals surface area contributed by atoms with Crippen molar-refractivity contribution in [3.8, 4) is 5.88 Å². The van der Waals surface area contributed by atoms with Crippen LogP contribution < -0.4 is 16.6 Å². The number of aliphatic carboxylic acids is 1. The van der Waals surface area contributed by atoms with Crippen molar-refractivity contribution in [1.82, 2.24) is 30.0 Å². The molecule has 2 aliphatic heterocycles. The molecule has 2 aromatic rings. The summed E-state index contributed by atoms with van der Waals surface area (Å²) in [4.78, 5) is 62.9. The number of fused-ring (bicyclic) bond motifs is 1. The molecule has 2 atom stereocenters. The van der Waals surface area contributed by atoms with Gasteiger partial charge in [-0.05, 0) is 5.57 Å². The van der Waals surface area contributed by atoms with E-state index in [1.807, 2.05) is 0 Å². The van der Waals surface area contributed by atoms with Gasteiger partial charge < -0.3 is 64.4 Å². The maximum atomic E-state index is 12.9. The van der Waals surface area contributed by atoms with Crippen LogP contribution in [0.4, 0.5) is 5.13 Å². The van der Waals surface area contributed by atoms with E-state index in [4.69, 9.17) is 10.6 Å². The van der Waals surface area contributed by atoms with Gasteiger partial charge in [0.05, 0.1) is 0 Å². The van der Waals surface area contributed by atoms with Crippen LogP contribution in [0.3, 0.4) is 0 Å². The van der Waals surface area contributed by atoms with Gasteiger partial charge in [0.15, 0.2) is 16.0 Å². The molecule has 1 saturated heterocycles. The number of anilines is 1. The number of carboxylic acids is 1. The quantitative estimate of drug-likeness (QED) is 0.0872. The van der Waals surface area contributed by atoms with Crippen LogP contribution >= 0.6 is 34.9 Å². The summed E-state index contributed by atoms with van der Waals surface area (Å²) in [6, 6.07) is -0.993. The fraction of sp³-hybridized carbons (Fsp3) is 0.333. The van der Waals surface area contributed by atoms with Gasteiger partial charge in [-0.15, -0.1) is 28.2 Å². The number of aromatic hydroxyl groups is 1. The standard InChI is InChI=1S/C18H18N8O7S3.7H2O/c1-25-18(22-12(28)13(29)23-25)36-4-6-3-34-15-9(14(30)26(15)10(6)16(31)32)21-11(27)8(24-33-2)7-5-35-17(19)20-7;;;;;;;/h5,9,15H,3-4H2,1-2H3,(H2,19,20)(H,21,27)(H,23,29)(H,31,32);7*1H2/b24-8-;;;;;;;/t9-,15-;;;;;;;/m1......./s1. The van der Waals surface area contributed by atoms with E-state index in [0.717, 1.165) is 28.0 Å². The largest absolute Gasteiger partial charge is 0.488 e. The summed E-state index contributed by atoms with van der Waals surface area (Å²) >= 11 is 3.41. The zero-order valence-corrected chi connectivity index (χ0v) is 24.5. The Morgan fingerprint density at radius 2 is 1.81 bits per heavy atom. The van der Waals surface area contributed by atoms with Crippen molar-refractivity contribution in [3.05, 3.63) is 32.7 Å². The zero-order valence-electron chi connectivity index (χ0n) is 22.1. The Balaban J connectivity index is -0.00000109. The van der Waals surface area contributed by atoms with Crippen molar-refractivity contribution in [2.24, 2.45) is 12.2 Å². The number of nitrogens with one attached hydrogen (secondary N) is 1. The van der Waals surface area contributed by atoms with Crippen LogP contribution in [-0.2, 0) is 26.3 Å². The first kappa shape index (κ1) is 46.0. The first-order chi connectivity index (χ1) is 17.1. The molecule has 0 bridgehead atoms. The Kier molecular flexibility index (Phi) is 19.9. The van der Waals surface area contributed by atoms with Crippen LogP contribution in [0.15, 0.2) is 31.8 Å². The molecule has 1 fully saturated rings. The molecule has 22 nitrogen and oxygen atoms in total.